The topological polar surface area (TPSA) is 62.5 Å². The monoisotopic (exact) mass is 325 g/mol. The molecule has 0 heterocycles. The molecule has 4 heteroatoms. The molecule has 0 spiro atoms. The van der Waals surface area contributed by atoms with Crippen molar-refractivity contribution in [2.24, 2.45) is 0 Å². The lowest BCUT2D eigenvalue weighted by molar-refractivity contribution is 0.0622. The van der Waals surface area contributed by atoms with Crippen molar-refractivity contribution in [1.82, 2.24) is 0 Å². The Balaban J connectivity index is 1.81. The smallest absolute Gasteiger partial charge is 0.122 e. The van der Waals surface area contributed by atoms with Gasteiger partial charge in [-0.3, -0.25) is 0 Å². The SMILES string of the molecule is CC(C)c1ccccc1OCC(O)COc1ccc(CC#N)cc1. The maximum Gasteiger partial charge on any atom is 0.122 e. The number of rotatable bonds is 8. The van der Waals surface area contributed by atoms with Gasteiger partial charge < -0.3 is 14.6 Å². The maximum atomic E-state index is 10.0. The van der Waals surface area contributed by atoms with Crippen LogP contribution in [-0.4, -0.2) is 24.4 Å². The number of nitrogens with zero attached hydrogens (tertiary/aromatic N) is 1. The largest absolute Gasteiger partial charge is 0.491 e. The fourth-order valence-corrected chi connectivity index (χ4v) is 2.31. The number of aliphatic hydroxyl groups excluding tert-OH is 1. The van der Waals surface area contributed by atoms with Crippen molar-refractivity contribution in [2.75, 3.05) is 13.2 Å². The van der Waals surface area contributed by atoms with E-state index >= 15 is 0 Å². The predicted octanol–water partition coefficient (Wildman–Crippen LogP) is 3.69. The molecule has 0 radical (unpaired) electrons. The summed E-state index contributed by atoms with van der Waals surface area (Å²) in [7, 11) is 0. The van der Waals surface area contributed by atoms with Crippen molar-refractivity contribution in [3.05, 3.63) is 59.7 Å². The van der Waals surface area contributed by atoms with Gasteiger partial charge in [-0.15, -0.1) is 0 Å². The van der Waals surface area contributed by atoms with E-state index in [4.69, 9.17) is 14.7 Å². The highest BCUT2D eigenvalue weighted by atomic mass is 16.5. The minimum absolute atomic E-state index is 0.154. The van der Waals surface area contributed by atoms with Crippen LogP contribution in [0.15, 0.2) is 48.5 Å². The van der Waals surface area contributed by atoms with Crippen LogP contribution < -0.4 is 9.47 Å². The minimum atomic E-state index is -0.719. The van der Waals surface area contributed by atoms with E-state index in [-0.39, 0.29) is 13.2 Å². The van der Waals surface area contributed by atoms with E-state index in [1.807, 2.05) is 36.4 Å². The van der Waals surface area contributed by atoms with Gasteiger partial charge in [-0.2, -0.15) is 5.26 Å². The molecule has 1 unspecified atom stereocenters. The third-order valence-corrected chi connectivity index (χ3v) is 3.62. The van der Waals surface area contributed by atoms with Gasteiger partial charge in [-0.1, -0.05) is 44.2 Å². The zero-order chi connectivity index (χ0) is 17.4. The normalized spacial score (nSPS) is 11.8. The van der Waals surface area contributed by atoms with E-state index in [9.17, 15) is 5.11 Å². The van der Waals surface area contributed by atoms with E-state index in [0.717, 1.165) is 16.9 Å². The van der Waals surface area contributed by atoms with Crippen LogP contribution in [-0.2, 0) is 6.42 Å². The van der Waals surface area contributed by atoms with Crippen LogP contribution in [0.3, 0.4) is 0 Å². The molecular weight excluding hydrogens is 302 g/mol. The Hall–Kier alpha value is -2.51. The number of benzene rings is 2. The van der Waals surface area contributed by atoms with Crippen LogP contribution in [0.4, 0.5) is 0 Å². The lowest BCUT2D eigenvalue weighted by atomic mass is 10.0. The fraction of sp³-hybridized carbons (Fsp3) is 0.350. The predicted molar refractivity (Wildman–Crippen MR) is 93.3 cm³/mol. The molecule has 2 aromatic carbocycles. The van der Waals surface area contributed by atoms with Gasteiger partial charge in [-0.05, 0) is 35.2 Å². The van der Waals surface area contributed by atoms with Crippen LogP contribution >= 0.6 is 0 Å². The van der Waals surface area contributed by atoms with E-state index in [0.29, 0.717) is 18.1 Å². The summed E-state index contributed by atoms with van der Waals surface area (Å²) >= 11 is 0. The van der Waals surface area contributed by atoms with Gasteiger partial charge in [0.25, 0.3) is 0 Å². The van der Waals surface area contributed by atoms with E-state index < -0.39 is 6.10 Å². The highest BCUT2D eigenvalue weighted by Crippen LogP contribution is 2.25. The van der Waals surface area contributed by atoms with Gasteiger partial charge in [0.2, 0.25) is 0 Å². The number of para-hydroxylation sites is 1. The standard InChI is InChI=1S/C20H23NO3/c1-15(2)19-5-3-4-6-20(19)24-14-17(22)13-23-18-9-7-16(8-10-18)11-12-21/h3-10,15,17,22H,11,13-14H2,1-2H3. The zero-order valence-electron chi connectivity index (χ0n) is 14.1. The summed E-state index contributed by atoms with van der Waals surface area (Å²) in [6, 6.07) is 17.3. The van der Waals surface area contributed by atoms with Crippen molar-refractivity contribution in [3.8, 4) is 17.6 Å². The average molecular weight is 325 g/mol. The summed E-state index contributed by atoms with van der Waals surface area (Å²) in [5, 5.41) is 18.7. The summed E-state index contributed by atoms with van der Waals surface area (Å²) < 4.78 is 11.3. The minimum Gasteiger partial charge on any atom is -0.491 e. The summed E-state index contributed by atoms with van der Waals surface area (Å²) in [4.78, 5) is 0. The molecule has 0 bridgehead atoms. The molecule has 0 fully saturated rings. The first kappa shape index (κ1) is 17.8. The molecule has 0 aliphatic rings. The van der Waals surface area contributed by atoms with Gasteiger partial charge in [0, 0.05) is 0 Å². The van der Waals surface area contributed by atoms with Crippen LogP contribution in [0.5, 0.6) is 11.5 Å². The summed E-state index contributed by atoms with van der Waals surface area (Å²) in [6.07, 6.45) is -0.338. The van der Waals surface area contributed by atoms with Crippen LogP contribution in [0.1, 0.15) is 30.9 Å². The second-order valence-electron chi connectivity index (χ2n) is 5.95. The first-order valence-electron chi connectivity index (χ1n) is 8.08. The first-order valence-corrected chi connectivity index (χ1v) is 8.08. The molecule has 0 aliphatic heterocycles. The third kappa shape index (κ3) is 5.29. The van der Waals surface area contributed by atoms with E-state index in [1.54, 1.807) is 12.1 Å². The van der Waals surface area contributed by atoms with Gasteiger partial charge in [0.05, 0.1) is 12.5 Å². The van der Waals surface area contributed by atoms with Crippen molar-refractivity contribution >= 4 is 0 Å². The Morgan fingerprint density at radius 3 is 2.33 bits per heavy atom. The van der Waals surface area contributed by atoms with Crippen LogP contribution in [0.25, 0.3) is 0 Å². The quantitative estimate of drug-likeness (QED) is 0.804. The summed E-state index contributed by atoms with van der Waals surface area (Å²) in [6.45, 7) is 4.55. The Morgan fingerprint density at radius 2 is 1.67 bits per heavy atom. The van der Waals surface area contributed by atoms with Gasteiger partial charge >= 0.3 is 0 Å². The molecule has 1 N–H and O–H groups in total. The number of nitriles is 1. The third-order valence-electron chi connectivity index (χ3n) is 3.62. The van der Waals surface area contributed by atoms with E-state index in [1.165, 1.54) is 0 Å². The molecule has 2 aromatic rings. The Bertz CT molecular complexity index is 674. The van der Waals surface area contributed by atoms with Crippen molar-refractivity contribution in [1.29, 1.82) is 5.26 Å². The number of ether oxygens (including phenoxy) is 2. The Morgan fingerprint density at radius 1 is 1.00 bits per heavy atom. The van der Waals surface area contributed by atoms with Gasteiger partial charge in [0.1, 0.15) is 30.8 Å². The average Bonchev–Trinajstić information content (AvgIpc) is 2.59. The van der Waals surface area contributed by atoms with Crippen molar-refractivity contribution in [3.63, 3.8) is 0 Å². The molecule has 1 atom stereocenters. The van der Waals surface area contributed by atoms with Crippen molar-refractivity contribution in [2.45, 2.75) is 32.3 Å². The summed E-state index contributed by atoms with van der Waals surface area (Å²) in [5.41, 5.74) is 2.07. The number of hydrogen-bond donors (Lipinski definition) is 1. The molecule has 24 heavy (non-hydrogen) atoms. The molecule has 0 amide bonds. The Labute approximate surface area is 143 Å². The number of hydrogen-bond acceptors (Lipinski definition) is 4. The Kier molecular flexibility index (Phi) is 6.65. The fourth-order valence-electron chi connectivity index (χ4n) is 2.31. The summed E-state index contributed by atoms with van der Waals surface area (Å²) in [5.74, 6) is 1.83. The molecule has 126 valence electrons. The molecule has 2 rings (SSSR count). The molecule has 0 saturated carbocycles. The van der Waals surface area contributed by atoms with Gasteiger partial charge in [-0.25, -0.2) is 0 Å². The van der Waals surface area contributed by atoms with Crippen molar-refractivity contribution < 1.29 is 14.6 Å². The van der Waals surface area contributed by atoms with E-state index in [2.05, 4.69) is 19.9 Å². The molecule has 4 nitrogen and oxygen atoms in total. The number of aliphatic hydroxyl groups is 1. The van der Waals surface area contributed by atoms with Gasteiger partial charge in [0.15, 0.2) is 0 Å². The zero-order valence-corrected chi connectivity index (χ0v) is 14.1. The second-order valence-corrected chi connectivity index (χ2v) is 5.95. The lowest BCUT2D eigenvalue weighted by Crippen LogP contribution is -2.25. The molecular formula is C20H23NO3. The molecule has 0 aliphatic carbocycles. The highest BCUT2D eigenvalue weighted by Gasteiger charge is 2.10. The first-order chi connectivity index (χ1) is 11.6. The molecule has 0 aromatic heterocycles. The van der Waals surface area contributed by atoms with Crippen LogP contribution in [0, 0.1) is 11.3 Å². The molecule has 0 saturated heterocycles. The highest BCUT2D eigenvalue weighted by molar-refractivity contribution is 5.35. The van der Waals surface area contributed by atoms with Crippen LogP contribution in [0.2, 0.25) is 0 Å². The second kappa shape index (κ2) is 8.95. The lowest BCUT2D eigenvalue weighted by Gasteiger charge is -2.17. The maximum absolute atomic E-state index is 10.0.